The summed E-state index contributed by atoms with van der Waals surface area (Å²) >= 11 is 3.43. The van der Waals surface area contributed by atoms with E-state index < -0.39 is 0 Å². The molecule has 1 heterocycles. The van der Waals surface area contributed by atoms with Gasteiger partial charge in [-0.15, -0.1) is 6.42 Å². The number of terminal acetylenes is 1. The molecule has 0 fully saturated rings. The van der Waals surface area contributed by atoms with Gasteiger partial charge >= 0.3 is 0 Å². The molecule has 1 unspecified atom stereocenters. The Morgan fingerprint density at radius 3 is 2.92 bits per heavy atom. The summed E-state index contributed by atoms with van der Waals surface area (Å²) in [6.45, 7) is 2.87. The number of nitrogens with one attached hydrogen (secondary N) is 1. The molecule has 1 atom stereocenters. The van der Waals surface area contributed by atoms with Gasteiger partial charge in [0.15, 0.2) is 0 Å². The summed E-state index contributed by atoms with van der Waals surface area (Å²) in [5.74, 6) is 2.68. The van der Waals surface area contributed by atoms with E-state index in [1.807, 2.05) is 14.0 Å². The minimum Gasteiger partial charge on any atom is -0.300 e. The molecule has 0 saturated carbocycles. The monoisotopic (exact) mass is 241 g/mol. The summed E-state index contributed by atoms with van der Waals surface area (Å²) in [5.41, 5.74) is 1.01. The van der Waals surface area contributed by atoms with E-state index in [0.29, 0.717) is 0 Å². The van der Waals surface area contributed by atoms with Crippen LogP contribution in [0.3, 0.4) is 0 Å². The second-order valence-corrected chi connectivity index (χ2v) is 3.42. The Kier molecular flexibility index (Phi) is 3.52. The van der Waals surface area contributed by atoms with Crippen LogP contribution < -0.4 is 5.32 Å². The first kappa shape index (κ1) is 10.3. The third kappa shape index (κ3) is 2.11. The zero-order valence-electron chi connectivity index (χ0n) is 7.71. The number of nitrogens with zero attached hydrogens (tertiary/aromatic N) is 2. The highest BCUT2D eigenvalue weighted by atomic mass is 79.9. The molecule has 0 spiro atoms. The molecule has 1 aromatic heterocycles. The van der Waals surface area contributed by atoms with Crippen LogP contribution in [0.15, 0.2) is 10.8 Å². The van der Waals surface area contributed by atoms with Gasteiger partial charge in [-0.1, -0.05) is 12.8 Å². The molecule has 0 bridgehead atoms. The predicted molar refractivity (Wildman–Crippen MR) is 56.2 cm³/mol. The van der Waals surface area contributed by atoms with Crippen molar-refractivity contribution >= 4 is 15.9 Å². The van der Waals surface area contributed by atoms with Gasteiger partial charge in [0.1, 0.15) is 4.60 Å². The molecule has 0 radical (unpaired) electrons. The van der Waals surface area contributed by atoms with Gasteiger partial charge in [-0.2, -0.15) is 5.10 Å². The fourth-order valence-corrected chi connectivity index (χ4v) is 1.52. The van der Waals surface area contributed by atoms with Crippen LogP contribution in [0, 0.1) is 12.3 Å². The molecule has 3 nitrogen and oxygen atoms in total. The van der Waals surface area contributed by atoms with Crippen LogP contribution in [0.1, 0.15) is 18.5 Å². The van der Waals surface area contributed by atoms with Crippen LogP contribution in [0.25, 0.3) is 0 Å². The first-order valence-corrected chi connectivity index (χ1v) is 4.87. The maximum absolute atomic E-state index is 5.40. The van der Waals surface area contributed by atoms with Gasteiger partial charge in [0, 0.05) is 12.6 Å². The highest BCUT2D eigenvalue weighted by molar-refractivity contribution is 9.10. The van der Waals surface area contributed by atoms with E-state index in [-0.39, 0.29) is 6.04 Å². The van der Waals surface area contributed by atoms with E-state index in [0.717, 1.165) is 16.7 Å². The lowest BCUT2D eigenvalue weighted by Crippen LogP contribution is -2.19. The second-order valence-electron chi connectivity index (χ2n) is 2.67. The van der Waals surface area contributed by atoms with Crippen LogP contribution in [0.5, 0.6) is 0 Å². The second kappa shape index (κ2) is 4.45. The van der Waals surface area contributed by atoms with Crippen LogP contribution in [0.2, 0.25) is 0 Å². The lowest BCUT2D eigenvalue weighted by molar-refractivity contribution is 0.659. The number of aromatic nitrogens is 2. The molecular weight excluding hydrogens is 230 g/mol. The Morgan fingerprint density at radius 1 is 1.85 bits per heavy atom. The average Bonchev–Trinajstić information content (AvgIpc) is 2.45. The number of hydrogen-bond donors (Lipinski definition) is 1. The Morgan fingerprint density at radius 2 is 2.54 bits per heavy atom. The van der Waals surface area contributed by atoms with E-state index in [1.165, 1.54) is 0 Å². The summed E-state index contributed by atoms with van der Waals surface area (Å²) in [6.07, 6.45) is 7.17. The predicted octanol–water partition coefficient (Wildman–Crippen LogP) is 1.47. The van der Waals surface area contributed by atoms with Crippen LogP contribution in [-0.2, 0) is 7.05 Å². The normalized spacial score (nSPS) is 12.5. The van der Waals surface area contributed by atoms with Crippen molar-refractivity contribution in [2.45, 2.75) is 13.0 Å². The fraction of sp³-hybridized carbons (Fsp3) is 0.444. The summed E-state index contributed by atoms with van der Waals surface area (Å²) in [7, 11) is 1.87. The van der Waals surface area contributed by atoms with Crippen LogP contribution in [-0.4, -0.2) is 16.3 Å². The third-order valence-corrected chi connectivity index (χ3v) is 2.75. The van der Waals surface area contributed by atoms with Crippen LogP contribution in [0.4, 0.5) is 0 Å². The average molecular weight is 242 g/mol. The first-order chi connectivity index (χ1) is 6.20. The maximum atomic E-state index is 5.40. The number of halogens is 1. The Balaban J connectivity index is 2.93. The number of hydrogen-bond acceptors (Lipinski definition) is 2. The standard InChI is InChI=1S/C9H12BrN3/c1-4-8(11-5-2)7-6-12-13(3)9(7)10/h1,6,8,11H,5H2,2-3H3. The molecule has 0 saturated heterocycles. The van der Waals surface area contributed by atoms with Crippen molar-refractivity contribution in [3.8, 4) is 12.3 Å². The van der Waals surface area contributed by atoms with E-state index >= 15 is 0 Å². The zero-order valence-corrected chi connectivity index (χ0v) is 9.30. The summed E-state index contributed by atoms with van der Waals surface area (Å²) < 4.78 is 2.67. The summed E-state index contributed by atoms with van der Waals surface area (Å²) in [4.78, 5) is 0. The van der Waals surface area contributed by atoms with Gasteiger partial charge in [-0.05, 0) is 22.5 Å². The highest BCUT2D eigenvalue weighted by Crippen LogP contribution is 2.21. The quantitative estimate of drug-likeness (QED) is 0.813. The Bertz CT molecular complexity index is 324. The molecule has 0 aliphatic heterocycles. The molecule has 70 valence electrons. The van der Waals surface area contributed by atoms with Crippen molar-refractivity contribution in [1.29, 1.82) is 0 Å². The molecule has 1 aromatic rings. The van der Waals surface area contributed by atoms with E-state index in [2.05, 4.69) is 32.3 Å². The van der Waals surface area contributed by atoms with Gasteiger partial charge in [0.05, 0.1) is 12.2 Å². The number of aryl methyl sites for hydroxylation is 1. The topological polar surface area (TPSA) is 29.9 Å². The van der Waals surface area contributed by atoms with Gasteiger partial charge in [-0.25, -0.2) is 0 Å². The largest absolute Gasteiger partial charge is 0.300 e. The summed E-state index contributed by atoms with van der Waals surface area (Å²) in [5, 5.41) is 7.28. The molecule has 1 N–H and O–H groups in total. The number of rotatable bonds is 3. The molecule has 1 rings (SSSR count). The van der Waals surface area contributed by atoms with E-state index in [9.17, 15) is 0 Å². The van der Waals surface area contributed by atoms with Gasteiger partial charge in [0.25, 0.3) is 0 Å². The molecule has 0 amide bonds. The van der Waals surface area contributed by atoms with Crippen molar-refractivity contribution in [1.82, 2.24) is 15.1 Å². The molecule has 0 aromatic carbocycles. The van der Waals surface area contributed by atoms with Gasteiger partial charge < -0.3 is 5.32 Å². The highest BCUT2D eigenvalue weighted by Gasteiger charge is 2.13. The lowest BCUT2D eigenvalue weighted by Gasteiger charge is -2.09. The first-order valence-electron chi connectivity index (χ1n) is 4.07. The van der Waals surface area contributed by atoms with Gasteiger partial charge in [-0.3, -0.25) is 4.68 Å². The molecule has 13 heavy (non-hydrogen) atoms. The summed E-state index contributed by atoms with van der Waals surface area (Å²) in [6, 6.07) is -0.0620. The minimum atomic E-state index is -0.0620. The molecule has 0 aliphatic carbocycles. The molecule has 4 heteroatoms. The maximum Gasteiger partial charge on any atom is 0.109 e. The van der Waals surface area contributed by atoms with E-state index in [4.69, 9.17) is 6.42 Å². The third-order valence-electron chi connectivity index (χ3n) is 1.78. The van der Waals surface area contributed by atoms with Gasteiger partial charge in [0.2, 0.25) is 0 Å². The zero-order chi connectivity index (χ0) is 9.84. The lowest BCUT2D eigenvalue weighted by atomic mass is 10.2. The Labute approximate surface area is 86.6 Å². The fourth-order valence-electron chi connectivity index (χ4n) is 1.10. The Hall–Kier alpha value is -0.790. The van der Waals surface area contributed by atoms with Crippen LogP contribution >= 0.6 is 15.9 Å². The van der Waals surface area contributed by atoms with Crippen molar-refractivity contribution in [3.05, 3.63) is 16.4 Å². The van der Waals surface area contributed by atoms with E-state index in [1.54, 1.807) is 10.9 Å². The minimum absolute atomic E-state index is 0.0620. The van der Waals surface area contributed by atoms with Crippen molar-refractivity contribution in [3.63, 3.8) is 0 Å². The van der Waals surface area contributed by atoms with Crippen molar-refractivity contribution in [2.24, 2.45) is 7.05 Å². The SMILES string of the molecule is C#CC(NCC)c1cnn(C)c1Br. The smallest absolute Gasteiger partial charge is 0.109 e. The van der Waals surface area contributed by atoms with Crippen molar-refractivity contribution in [2.75, 3.05) is 6.54 Å². The molecular formula is C9H12BrN3. The van der Waals surface area contributed by atoms with Crippen molar-refractivity contribution < 1.29 is 0 Å². The molecule has 0 aliphatic rings.